The van der Waals surface area contributed by atoms with Crippen LogP contribution in [0.25, 0.3) is 0 Å². The van der Waals surface area contributed by atoms with Crippen LogP contribution in [-0.4, -0.2) is 65.4 Å². The molecule has 2 aromatic heterocycles. The second-order valence-corrected chi connectivity index (χ2v) is 9.89. The number of methoxy groups -OCH3 is 1. The molecule has 0 radical (unpaired) electrons. The highest BCUT2D eigenvalue weighted by Crippen LogP contribution is 2.37. The Balaban J connectivity index is 1.57. The fourth-order valence-electron chi connectivity index (χ4n) is 3.93. The molecule has 190 valence electrons. The molecule has 4 rings (SSSR count). The van der Waals surface area contributed by atoms with Gasteiger partial charge in [-0.05, 0) is 21.0 Å². The normalized spacial score (nSPS) is 15.4. The molecule has 0 amide bonds. The maximum absolute atomic E-state index is 6.48. The van der Waals surface area contributed by atoms with E-state index in [0.717, 1.165) is 13.1 Å². The van der Waals surface area contributed by atoms with E-state index in [1.165, 1.54) is 19.5 Å². The number of nitrogen functional groups attached to an aromatic ring is 1. The molecule has 0 aliphatic carbocycles. The van der Waals surface area contributed by atoms with Crippen molar-refractivity contribution in [2.24, 2.45) is 5.73 Å². The zero-order valence-electron chi connectivity index (χ0n) is 20.5. The van der Waals surface area contributed by atoms with E-state index in [1.54, 1.807) is 24.5 Å². The molecular weight excluding hydrogens is 503 g/mol. The van der Waals surface area contributed by atoms with Crippen molar-refractivity contribution in [3.63, 3.8) is 0 Å². The molecule has 12 heteroatoms. The van der Waals surface area contributed by atoms with Gasteiger partial charge in [-0.15, -0.1) is 0 Å². The molecule has 0 saturated carbocycles. The Morgan fingerprint density at radius 2 is 1.72 bits per heavy atom. The third-order valence-corrected chi connectivity index (χ3v) is 7.03. The first-order chi connectivity index (χ1) is 17.0. The molecule has 1 atom stereocenters. The molecule has 3 aromatic rings. The SMILES string of the molecule is COc1cc(N)c(C(=[NH2+])c2cnc(N3CC(C)(N(C)C)C3)nc2)cc1O[C@H](N)c1c(Cl)cncc1Cl. The Morgan fingerprint density at radius 1 is 1.11 bits per heavy atom. The number of likely N-dealkylation sites (N-methyl/N-ethyl adjacent to an activating group) is 1. The average Bonchev–Trinajstić information content (AvgIpc) is 2.82. The average molecular weight is 532 g/mol. The molecule has 1 aliphatic rings. The number of nitrogens with zero attached hydrogens (tertiary/aromatic N) is 5. The summed E-state index contributed by atoms with van der Waals surface area (Å²) < 4.78 is 11.4. The van der Waals surface area contributed by atoms with E-state index in [2.05, 4.69) is 45.8 Å². The van der Waals surface area contributed by atoms with Gasteiger partial charge in [-0.1, -0.05) is 23.2 Å². The van der Waals surface area contributed by atoms with Crippen molar-refractivity contribution in [3.8, 4) is 11.5 Å². The third kappa shape index (κ3) is 4.90. The number of rotatable bonds is 8. The summed E-state index contributed by atoms with van der Waals surface area (Å²) in [6.07, 6.45) is 5.24. The van der Waals surface area contributed by atoms with Gasteiger partial charge in [0.1, 0.15) is 0 Å². The van der Waals surface area contributed by atoms with Gasteiger partial charge in [-0.2, -0.15) is 0 Å². The summed E-state index contributed by atoms with van der Waals surface area (Å²) in [7, 11) is 5.64. The molecule has 1 fully saturated rings. The van der Waals surface area contributed by atoms with Crippen LogP contribution >= 0.6 is 23.2 Å². The summed E-state index contributed by atoms with van der Waals surface area (Å²) in [6, 6.07) is 3.26. The third-order valence-electron chi connectivity index (χ3n) is 6.43. The lowest BCUT2D eigenvalue weighted by molar-refractivity contribution is -0.111. The number of ether oxygens (including phenoxy) is 2. The number of halogens is 2. The summed E-state index contributed by atoms with van der Waals surface area (Å²) >= 11 is 12.5. The van der Waals surface area contributed by atoms with Gasteiger partial charge in [0.15, 0.2) is 17.7 Å². The predicted molar refractivity (Wildman–Crippen MR) is 141 cm³/mol. The van der Waals surface area contributed by atoms with Crippen LogP contribution in [-0.2, 0) is 0 Å². The second kappa shape index (κ2) is 10.1. The van der Waals surface area contributed by atoms with Crippen LogP contribution in [0.15, 0.2) is 36.9 Å². The monoisotopic (exact) mass is 531 g/mol. The van der Waals surface area contributed by atoms with Gasteiger partial charge >= 0.3 is 0 Å². The summed E-state index contributed by atoms with van der Waals surface area (Å²) in [5.74, 6) is 1.32. The highest BCUT2D eigenvalue weighted by atomic mass is 35.5. The van der Waals surface area contributed by atoms with E-state index >= 15 is 0 Å². The number of hydrogen-bond acceptors (Lipinski definition) is 9. The topological polar surface area (TPSA) is 141 Å². The first-order valence-corrected chi connectivity index (χ1v) is 11.9. The van der Waals surface area contributed by atoms with E-state index in [0.29, 0.717) is 45.5 Å². The van der Waals surface area contributed by atoms with Crippen LogP contribution in [0.1, 0.15) is 29.8 Å². The fraction of sp³-hybridized carbons (Fsp3) is 0.333. The summed E-state index contributed by atoms with van der Waals surface area (Å²) in [5, 5.41) is 7.04. The molecule has 6 N–H and O–H groups in total. The summed E-state index contributed by atoms with van der Waals surface area (Å²) in [4.78, 5) is 17.3. The molecule has 3 heterocycles. The van der Waals surface area contributed by atoms with Gasteiger partial charge in [0.2, 0.25) is 11.7 Å². The van der Waals surface area contributed by atoms with Gasteiger partial charge in [0.25, 0.3) is 0 Å². The van der Waals surface area contributed by atoms with Crippen LogP contribution in [0.5, 0.6) is 11.5 Å². The van der Waals surface area contributed by atoms with Gasteiger partial charge in [-0.25, -0.2) is 9.97 Å². The number of anilines is 2. The zero-order chi connectivity index (χ0) is 26.2. The van der Waals surface area contributed by atoms with E-state index in [-0.39, 0.29) is 15.6 Å². The van der Waals surface area contributed by atoms with Gasteiger partial charge in [0, 0.05) is 61.3 Å². The lowest BCUT2D eigenvalue weighted by atomic mass is 9.91. The van der Waals surface area contributed by atoms with Gasteiger partial charge in [-0.3, -0.25) is 16.1 Å². The Hall–Kier alpha value is -3.18. The fourth-order valence-corrected chi connectivity index (χ4v) is 4.51. The highest BCUT2D eigenvalue weighted by Gasteiger charge is 2.41. The first-order valence-electron chi connectivity index (χ1n) is 11.1. The van der Waals surface area contributed by atoms with Gasteiger partial charge < -0.3 is 25.0 Å². The van der Waals surface area contributed by atoms with E-state index in [1.807, 2.05) is 0 Å². The van der Waals surface area contributed by atoms with Crippen molar-refractivity contribution in [1.29, 1.82) is 0 Å². The van der Waals surface area contributed by atoms with Crippen molar-refractivity contribution in [2.75, 3.05) is 44.9 Å². The molecule has 1 aliphatic heterocycles. The maximum Gasteiger partial charge on any atom is 0.225 e. The molecule has 0 bridgehead atoms. The first kappa shape index (κ1) is 25.9. The molecule has 0 spiro atoms. The van der Waals surface area contributed by atoms with Crippen molar-refractivity contribution in [1.82, 2.24) is 19.9 Å². The van der Waals surface area contributed by atoms with E-state index in [4.69, 9.17) is 49.6 Å². The smallest absolute Gasteiger partial charge is 0.225 e. The van der Waals surface area contributed by atoms with Crippen molar-refractivity contribution in [3.05, 3.63) is 63.7 Å². The minimum absolute atomic E-state index is 0.104. The maximum atomic E-state index is 6.48. The van der Waals surface area contributed by atoms with Crippen LogP contribution in [0.2, 0.25) is 10.0 Å². The molecule has 1 aromatic carbocycles. The van der Waals surface area contributed by atoms with Crippen molar-refractivity contribution in [2.45, 2.75) is 18.7 Å². The van der Waals surface area contributed by atoms with E-state index < -0.39 is 6.23 Å². The van der Waals surface area contributed by atoms with Crippen LogP contribution in [0.3, 0.4) is 0 Å². The van der Waals surface area contributed by atoms with Crippen LogP contribution in [0, 0.1) is 0 Å². The number of benzene rings is 1. The zero-order valence-corrected chi connectivity index (χ0v) is 22.0. The Morgan fingerprint density at radius 3 is 2.28 bits per heavy atom. The Kier molecular flexibility index (Phi) is 7.24. The standard InChI is InChI=1S/C24H28Cl2N8O2/c1-24(33(2)3)11-34(12-24)23-31-7-13(8-32-23)21(28)14-5-19(18(35-4)6-17(14)27)36-22(29)20-15(25)9-30-10-16(20)26/h5-10,22,28H,11-12,27,29H2,1-4H3/p+1/t22-/m0/s1. The number of hydrogen-bond donors (Lipinski definition) is 3. The van der Waals surface area contributed by atoms with Gasteiger partial charge in [0.05, 0.1) is 33.8 Å². The molecule has 0 unspecified atom stereocenters. The lowest BCUT2D eigenvalue weighted by Gasteiger charge is -2.51. The molecule has 1 saturated heterocycles. The largest absolute Gasteiger partial charge is 0.493 e. The minimum Gasteiger partial charge on any atom is -0.493 e. The quantitative estimate of drug-likeness (QED) is 0.224. The molecule has 36 heavy (non-hydrogen) atoms. The van der Waals surface area contributed by atoms with E-state index in [9.17, 15) is 0 Å². The second-order valence-electron chi connectivity index (χ2n) is 9.08. The number of pyridine rings is 1. The lowest BCUT2D eigenvalue weighted by Crippen LogP contribution is -2.67. The Bertz CT molecular complexity index is 1260. The highest BCUT2D eigenvalue weighted by molar-refractivity contribution is 6.35. The number of nitrogens with two attached hydrogens (primary N) is 3. The van der Waals surface area contributed by atoms with Crippen molar-refractivity contribution < 1.29 is 14.9 Å². The number of aromatic nitrogens is 3. The minimum atomic E-state index is -0.994. The predicted octanol–water partition coefficient (Wildman–Crippen LogP) is 1.54. The summed E-state index contributed by atoms with van der Waals surface area (Å²) in [6.45, 7) is 3.89. The van der Waals surface area contributed by atoms with Crippen LogP contribution < -0.4 is 31.3 Å². The van der Waals surface area contributed by atoms with Crippen LogP contribution in [0.4, 0.5) is 11.6 Å². The molecular formula is C24H29Cl2N8O2+. The van der Waals surface area contributed by atoms with Crippen molar-refractivity contribution >= 4 is 40.5 Å². The summed E-state index contributed by atoms with van der Waals surface area (Å²) in [5.41, 5.74) is 14.9. The Labute approximate surface area is 219 Å². The molecule has 10 nitrogen and oxygen atoms in total.